The lowest BCUT2D eigenvalue weighted by atomic mass is 9.80. The van der Waals surface area contributed by atoms with Crippen LogP contribution in [-0.4, -0.2) is 64.0 Å². The molecule has 2 aliphatic heterocycles. The Bertz CT molecular complexity index is 1220. The lowest BCUT2D eigenvalue weighted by Crippen LogP contribution is -2.49. The Kier molecular flexibility index (Phi) is 5.55. The molecule has 0 bridgehead atoms. The van der Waals surface area contributed by atoms with Crippen LogP contribution in [0, 0.1) is 0 Å². The van der Waals surface area contributed by atoms with Crippen molar-refractivity contribution in [3.05, 3.63) is 65.6 Å². The molecule has 0 saturated carbocycles. The molecule has 9 nitrogen and oxygen atoms in total. The smallest absolute Gasteiger partial charge is 0.251 e. The van der Waals surface area contributed by atoms with Gasteiger partial charge in [-0.2, -0.15) is 0 Å². The summed E-state index contributed by atoms with van der Waals surface area (Å²) in [6.07, 6.45) is 5.11. The minimum absolute atomic E-state index is 0.114. The number of nitrogens with zero attached hydrogens (tertiary/aromatic N) is 4. The molecule has 2 aliphatic rings. The van der Waals surface area contributed by atoms with Gasteiger partial charge in [0, 0.05) is 48.5 Å². The number of pyridine rings is 1. The van der Waals surface area contributed by atoms with Crippen LogP contribution in [0.5, 0.6) is 0 Å². The van der Waals surface area contributed by atoms with Crippen LogP contribution in [0.2, 0.25) is 0 Å². The van der Waals surface area contributed by atoms with Gasteiger partial charge >= 0.3 is 0 Å². The number of hydrogen-bond donors (Lipinski definition) is 3. The van der Waals surface area contributed by atoms with Crippen molar-refractivity contribution in [3.63, 3.8) is 0 Å². The molecule has 1 amide bonds. The number of nitrogens with one attached hydrogen (secondary N) is 1. The zero-order valence-corrected chi connectivity index (χ0v) is 19.2. The predicted molar refractivity (Wildman–Crippen MR) is 126 cm³/mol. The maximum Gasteiger partial charge on any atom is 0.251 e. The van der Waals surface area contributed by atoms with E-state index in [1.165, 1.54) is 0 Å². The molecule has 0 unspecified atom stereocenters. The number of rotatable bonds is 6. The van der Waals surface area contributed by atoms with Crippen LogP contribution >= 0.6 is 0 Å². The number of ether oxygens (including phenoxy) is 1. The largest absolute Gasteiger partial charge is 0.395 e. The summed E-state index contributed by atoms with van der Waals surface area (Å²) in [6.45, 7) is 5.43. The average Bonchev–Trinajstić information content (AvgIpc) is 3.17. The highest BCUT2D eigenvalue weighted by Gasteiger charge is 2.49. The lowest BCUT2D eigenvalue weighted by Gasteiger charge is -2.38. The van der Waals surface area contributed by atoms with Crippen LogP contribution in [0.1, 0.15) is 35.3 Å². The van der Waals surface area contributed by atoms with Crippen LogP contribution in [0.3, 0.4) is 0 Å². The second-order valence-electron chi connectivity index (χ2n) is 9.33. The quantitative estimate of drug-likeness (QED) is 0.509. The Morgan fingerprint density at radius 3 is 2.59 bits per heavy atom. The summed E-state index contributed by atoms with van der Waals surface area (Å²) in [4.78, 5) is 28.1. The van der Waals surface area contributed by atoms with E-state index in [2.05, 4.69) is 20.3 Å². The highest BCUT2D eigenvalue weighted by Crippen LogP contribution is 2.47. The Labute approximate surface area is 197 Å². The number of aliphatic hydroxyl groups is 2. The molecule has 5 rings (SSSR count). The maximum absolute atomic E-state index is 12.5. The molecule has 1 aromatic carbocycles. The molecule has 176 valence electrons. The number of amides is 1. The lowest BCUT2D eigenvalue weighted by molar-refractivity contribution is -0.0507. The van der Waals surface area contributed by atoms with E-state index in [1.807, 2.05) is 23.1 Å². The highest BCUT2D eigenvalue weighted by molar-refractivity contribution is 5.96. The zero-order valence-electron chi connectivity index (χ0n) is 19.2. The number of fused-ring (bicyclic) bond motifs is 2. The third kappa shape index (κ3) is 3.91. The van der Waals surface area contributed by atoms with E-state index in [4.69, 9.17) is 9.84 Å². The van der Waals surface area contributed by atoms with Gasteiger partial charge in [0.05, 0.1) is 36.5 Å². The van der Waals surface area contributed by atoms with E-state index in [0.29, 0.717) is 37.0 Å². The van der Waals surface area contributed by atoms with Crippen molar-refractivity contribution >= 4 is 17.5 Å². The number of aliphatic hydroxyl groups excluding tert-OH is 1. The number of carbonyl (C=O) groups excluding carboxylic acids is 1. The monoisotopic (exact) mass is 461 g/mol. The van der Waals surface area contributed by atoms with E-state index < -0.39 is 5.60 Å². The SMILES string of the molecule is CC(C)(O)c1ccnc(-c2cnc(N3CC4(COC4)c4ccc(C(=O)NCCO)cc43)nc2)c1. The van der Waals surface area contributed by atoms with Crippen molar-refractivity contribution in [1.29, 1.82) is 0 Å². The fraction of sp³-hybridized carbons (Fsp3) is 0.360. The first-order valence-electron chi connectivity index (χ1n) is 11.2. The fourth-order valence-electron chi connectivity index (χ4n) is 4.42. The molecule has 3 N–H and O–H groups in total. The standard InChI is InChI=1S/C25H27N5O4/c1-24(2,33)18-5-6-26-20(10-18)17-11-28-23(29-12-17)30-13-25(14-34-15-25)19-4-3-16(9-21(19)30)22(32)27-7-8-31/h3-6,9-12,31,33H,7-8,13-15H2,1-2H3,(H,27,32). The number of benzene rings is 1. The van der Waals surface area contributed by atoms with Crippen LogP contribution in [0.25, 0.3) is 11.3 Å². The molecule has 0 atom stereocenters. The molecule has 4 heterocycles. The molecule has 34 heavy (non-hydrogen) atoms. The normalized spacial score (nSPS) is 16.3. The van der Waals surface area contributed by atoms with Crippen molar-refractivity contribution in [3.8, 4) is 11.3 Å². The van der Waals surface area contributed by atoms with Crippen molar-refractivity contribution < 1.29 is 19.7 Å². The summed E-state index contributed by atoms with van der Waals surface area (Å²) in [6, 6.07) is 9.25. The predicted octanol–water partition coefficient (Wildman–Crippen LogP) is 1.91. The first-order chi connectivity index (χ1) is 16.3. The topological polar surface area (TPSA) is 121 Å². The summed E-state index contributed by atoms with van der Waals surface area (Å²) in [5.74, 6) is 0.289. The van der Waals surface area contributed by atoms with Crippen molar-refractivity contribution in [2.75, 3.05) is 37.8 Å². The number of hydrogen-bond acceptors (Lipinski definition) is 8. The molecule has 9 heteroatoms. The van der Waals surface area contributed by atoms with Gasteiger partial charge in [0.25, 0.3) is 5.91 Å². The van der Waals surface area contributed by atoms with Crippen molar-refractivity contribution in [1.82, 2.24) is 20.3 Å². The number of anilines is 2. The first kappa shape index (κ1) is 22.4. The summed E-state index contributed by atoms with van der Waals surface area (Å²) < 4.78 is 5.54. The molecule has 3 aromatic rings. The van der Waals surface area contributed by atoms with Gasteiger partial charge < -0.3 is 25.2 Å². The van der Waals surface area contributed by atoms with E-state index in [0.717, 1.165) is 22.4 Å². The van der Waals surface area contributed by atoms with E-state index in [-0.39, 0.29) is 24.5 Å². The summed E-state index contributed by atoms with van der Waals surface area (Å²) in [7, 11) is 0. The first-order valence-corrected chi connectivity index (χ1v) is 11.2. The second kappa shape index (κ2) is 8.43. The van der Waals surface area contributed by atoms with Crippen molar-refractivity contribution in [2.45, 2.75) is 24.9 Å². The molecular formula is C25H27N5O4. The van der Waals surface area contributed by atoms with Gasteiger partial charge in [0.15, 0.2) is 0 Å². The van der Waals surface area contributed by atoms with E-state index in [9.17, 15) is 9.90 Å². The molecule has 1 fully saturated rings. The van der Waals surface area contributed by atoms with Gasteiger partial charge in [-0.1, -0.05) is 6.07 Å². The third-order valence-corrected chi connectivity index (χ3v) is 6.38. The van der Waals surface area contributed by atoms with Crippen LogP contribution in [0.4, 0.5) is 11.6 Å². The van der Waals surface area contributed by atoms with E-state index in [1.54, 1.807) is 44.6 Å². The Morgan fingerprint density at radius 2 is 1.94 bits per heavy atom. The molecule has 1 saturated heterocycles. The van der Waals surface area contributed by atoms with Crippen LogP contribution in [-0.2, 0) is 15.8 Å². The van der Waals surface area contributed by atoms with Gasteiger partial charge in [0.1, 0.15) is 0 Å². The number of carbonyl (C=O) groups is 1. The zero-order chi connectivity index (χ0) is 23.9. The Hall–Kier alpha value is -3.40. The Balaban J connectivity index is 1.46. The van der Waals surface area contributed by atoms with Gasteiger partial charge in [-0.05, 0) is 49.2 Å². The van der Waals surface area contributed by atoms with Crippen LogP contribution < -0.4 is 10.2 Å². The average molecular weight is 462 g/mol. The minimum Gasteiger partial charge on any atom is -0.395 e. The van der Waals surface area contributed by atoms with Gasteiger partial charge in [-0.3, -0.25) is 9.78 Å². The highest BCUT2D eigenvalue weighted by atomic mass is 16.5. The third-order valence-electron chi connectivity index (χ3n) is 6.38. The fourth-order valence-corrected chi connectivity index (χ4v) is 4.42. The van der Waals surface area contributed by atoms with Crippen LogP contribution in [0.15, 0.2) is 48.9 Å². The molecule has 0 radical (unpaired) electrons. The molecular weight excluding hydrogens is 434 g/mol. The summed E-state index contributed by atoms with van der Waals surface area (Å²) in [5.41, 5.74) is 3.58. The minimum atomic E-state index is -0.974. The van der Waals surface area contributed by atoms with Gasteiger partial charge in [-0.25, -0.2) is 9.97 Å². The van der Waals surface area contributed by atoms with E-state index >= 15 is 0 Å². The van der Waals surface area contributed by atoms with Gasteiger partial charge in [-0.15, -0.1) is 0 Å². The second-order valence-corrected chi connectivity index (χ2v) is 9.33. The summed E-state index contributed by atoms with van der Waals surface area (Å²) >= 11 is 0. The Morgan fingerprint density at radius 1 is 1.18 bits per heavy atom. The molecule has 0 aliphatic carbocycles. The molecule has 2 aromatic heterocycles. The molecule has 1 spiro atoms. The van der Waals surface area contributed by atoms with Gasteiger partial charge in [0.2, 0.25) is 5.95 Å². The van der Waals surface area contributed by atoms with Crippen molar-refractivity contribution in [2.24, 2.45) is 0 Å². The summed E-state index contributed by atoms with van der Waals surface area (Å²) in [5, 5.41) is 22.0. The number of aromatic nitrogens is 3. The maximum atomic E-state index is 12.5.